The van der Waals surface area contributed by atoms with Crippen LogP contribution in [0.1, 0.15) is 18.0 Å². The quantitative estimate of drug-likeness (QED) is 0.315. The molecular formula is C16H11BrClF3N2O4. The zero-order chi connectivity index (χ0) is 20.1. The molecule has 11 heteroatoms. The molecule has 0 amide bonds. The number of anilines is 1. The summed E-state index contributed by atoms with van der Waals surface area (Å²) in [5, 5.41) is 13.5. The van der Waals surface area contributed by atoms with Gasteiger partial charge >= 0.3 is 6.61 Å². The average molecular weight is 468 g/mol. The Morgan fingerprint density at radius 1 is 1.37 bits per heavy atom. The lowest BCUT2D eigenvalue weighted by Gasteiger charge is -2.22. The molecule has 1 atom stereocenters. The second-order valence-electron chi connectivity index (χ2n) is 5.17. The number of aldehydes is 1. The van der Waals surface area contributed by atoms with Crippen molar-refractivity contribution in [1.29, 1.82) is 0 Å². The van der Waals surface area contributed by atoms with Crippen LogP contribution in [-0.2, 0) is 4.79 Å². The number of rotatable bonds is 8. The van der Waals surface area contributed by atoms with Gasteiger partial charge in [-0.3, -0.25) is 10.1 Å². The largest absolute Gasteiger partial charge is 0.434 e. The van der Waals surface area contributed by atoms with Crippen molar-refractivity contribution in [2.24, 2.45) is 0 Å². The van der Waals surface area contributed by atoms with Gasteiger partial charge in [0.05, 0.1) is 22.1 Å². The third kappa shape index (κ3) is 5.10. The number of halogens is 5. The van der Waals surface area contributed by atoms with Crippen LogP contribution < -0.4 is 10.1 Å². The molecule has 0 aromatic heterocycles. The SMILES string of the molecule is O=CC[C@@H](Nc1cc(Cl)c(F)cc1[N+](=O)[O-])c1c(Br)cccc1OC(F)F. The van der Waals surface area contributed by atoms with E-state index in [0.717, 1.165) is 6.07 Å². The topological polar surface area (TPSA) is 81.5 Å². The predicted molar refractivity (Wildman–Crippen MR) is 95.9 cm³/mol. The summed E-state index contributed by atoms with van der Waals surface area (Å²) in [5.74, 6) is -1.22. The van der Waals surface area contributed by atoms with Crippen molar-refractivity contribution in [2.75, 3.05) is 5.32 Å². The summed E-state index contributed by atoms with van der Waals surface area (Å²) in [6, 6.07) is 4.85. The molecule has 144 valence electrons. The van der Waals surface area contributed by atoms with E-state index in [0.29, 0.717) is 16.8 Å². The number of carbonyl (C=O) groups is 1. The molecule has 0 unspecified atom stereocenters. The second kappa shape index (κ2) is 9.05. The van der Waals surface area contributed by atoms with Crippen molar-refractivity contribution < 1.29 is 27.6 Å². The number of carbonyl (C=O) groups excluding carboxylic acids is 1. The van der Waals surface area contributed by atoms with Gasteiger partial charge in [-0.15, -0.1) is 0 Å². The number of nitro benzene ring substituents is 1. The summed E-state index contributed by atoms with van der Waals surface area (Å²) in [6.07, 6.45) is 0.259. The maximum atomic E-state index is 13.6. The number of ether oxygens (including phenoxy) is 1. The fourth-order valence-electron chi connectivity index (χ4n) is 2.39. The van der Waals surface area contributed by atoms with Crippen LogP contribution in [0, 0.1) is 15.9 Å². The summed E-state index contributed by atoms with van der Waals surface area (Å²) in [6.45, 7) is -3.12. The minimum absolute atomic E-state index is 0.139. The molecule has 6 nitrogen and oxygen atoms in total. The summed E-state index contributed by atoms with van der Waals surface area (Å²) in [4.78, 5) is 21.5. The molecule has 0 aliphatic heterocycles. The van der Waals surface area contributed by atoms with E-state index in [9.17, 15) is 28.1 Å². The van der Waals surface area contributed by atoms with Gasteiger partial charge in [0.25, 0.3) is 5.69 Å². The summed E-state index contributed by atoms with van der Waals surface area (Å²) < 4.78 is 43.8. The number of hydrogen-bond acceptors (Lipinski definition) is 5. The summed E-state index contributed by atoms with van der Waals surface area (Å²) >= 11 is 8.88. The van der Waals surface area contributed by atoms with E-state index in [1.165, 1.54) is 18.2 Å². The lowest BCUT2D eigenvalue weighted by Crippen LogP contribution is -2.16. The molecule has 0 saturated carbocycles. The van der Waals surface area contributed by atoms with Gasteiger partial charge in [-0.1, -0.05) is 33.6 Å². The number of nitrogens with zero attached hydrogens (tertiary/aromatic N) is 1. The van der Waals surface area contributed by atoms with E-state index in [1.807, 2.05) is 0 Å². The molecule has 2 aromatic carbocycles. The molecule has 0 aliphatic rings. The van der Waals surface area contributed by atoms with Crippen molar-refractivity contribution in [3.05, 3.63) is 61.3 Å². The molecule has 1 N–H and O–H groups in total. The van der Waals surface area contributed by atoms with Gasteiger partial charge in [-0.2, -0.15) is 8.78 Å². The normalized spacial score (nSPS) is 11.9. The highest BCUT2D eigenvalue weighted by Crippen LogP contribution is 2.39. The molecule has 0 radical (unpaired) electrons. The van der Waals surface area contributed by atoms with Crippen LogP contribution in [0.25, 0.3) is 0 Å². The maximum Gasteiger partial charge on any atom is 0.387 e. The molecule has 0 bridgehead atoms. The molecule has 2 rings (SSSR count). The maximum absolute atomic E-state index is 13.6. The van der Waals surface area contributed by atoms with E-state index in [-0.39, 0.29) is 28.4 Å². The van der Waals surface area contributed by atoms with Crippen LogP contribution in [0.15, 0.2) is 34.8 Å². The van der Waals surface area contributed by atoms with Gasteiger partial charge in [-0.25, -0.2) is 4.39 Å². The first-order valence-corrected chi connectivity index (χ1v) is 8.48. The number of nitro groups is 1. The Morgan fingerprint density at radius 2 is 2.07 bits per heavy atom. The molecule has 0 heterocycles. The monoisotopic (exact) mass is 466 g/mol. The zero-order valence-electron chi connectivity index (χ0n) is 13.3. The summed E-state index contributed by atoms with van der Waals surface area (Å²) in [7, 11) is 0. The van der Waals surface area contributed by atoms with E-state index in [1.54, 1.807) is 0 Å². The minimum Gasteiger partial charge on any atom is -0.434 e. The fraction of sp³-hybridized carbons (Fsp3) is 0.188. The van der Waals surface area contributed by atoms with Gasteiger partial charge in [0, 0.05) is 16.5 Å². The number of hydrogen-bond donors (Lipinski definition) is 1. The van der Waals surface area contributed by atoms with Crippen LogP contribution in [0.5, 0.6) is 5.75 Å². The Morgan fingerprint density at radius 3 is 2.67 bits per heavy atom. The Balaban J connectivity index is 2.54. The zero-order valence-corrected chi connectivity index (χ0v) is 15.6. The van der Waals surface area contributed by atoms with Gasteiger partial charge in [0.15, 0.2) is 0 Å². The van der Waals surface area contributed by atoms with Crippen molar-refractivity contribution in [3.63, 3.8) is 0 Å². The fourth-order valence-corrected chi connectivity index (χ4v) is 3.18. The minimum atomic E-state index is -3.12. The Bertz CT molecular complexity index is 870. The van der Waals surface area contributed by atoms with Crippen LogP contribution in [0.2, 0.25) is 5.02 Å². The standard InChI is InChI=1S/C16H11BrClF3N2O4/c17-8-2-1-3-14(27-16(20)21)15(8)11(4-5-24)22-12-6-9(18)10(19)7-13(12)23(25)26/h1-3,5-7,11,16,22H,4H2/t11-/m1/s1. The molecule has 0 saturated heterocycles. The van der Waals surface area contributed by atoms with Gasteiger partial charge in [0.1, 0.15) is 23.5 Å². The lowest BCUT2D eigenvalue weighted by molar-refractivity contribution is -0.384. The van der Waals surface area contributed by atoms with E-state index in [2.05, 4.69) is 26.0 Å². The highest BCUT2D eigenvalue weighted by Gasteiger charge is 2.25. The second-order valence-corrected chi connectivity index (χ2v) is 6.43. The molecule has 27 heavy (non-hydrogen) atoms. The highest BCUT2D eigenvalue weighted by atomic mass is 79.9. The van der Waals surface area contributed by atoms with Crippen LogP contribution >= 0.6 is 27.5 Å². The van der Waals surface area contributed by atoms with Crippen LogP contribution in [-0.4, -0.2) is 17.8 Å². The number of benzene rings is 2. The Hall–Kier alpha value is -2.33. The lowest BCUT2D eigenvalue weighted by atomic mass is 10.0. The van der Waals surface area contributed by atoms with Gasteiger partial charge in [0.2, 0.25) is 0 Å². The van der Waals surface area contributed by atoms with E-state index < -0.39 is 29.1 Å². The van der Waals surface area contributed by atoms with E-state index in [4.69, 9.17) is 11.6 Å². The summed E-state index contributed by atoms with van der Waals surface area (Å²) in [5.41, 5.74) is -0.673. The first kappa shape index (κ1) is 21.0. The van der Waals surface area contributed by atoms with Crippen LogP contribution in [0.4, 0.5) is 24.5 Å². The van der Waals surface area contributed by atoms with Crippen LogP contribution in [0.3, 0.4) is 0 Å². The third-order valence-corrected chi connectivity index (χ3v) is 4.46. The smallest absolute Gasteiger partial charge is 0.387 e. The van der Waals surface area contributed by atoms with Crippen molar-refractivity contribution in [1.82, 2.24) is 0 Å². The van der Waals surface area contributed by atoms with Crippen molar-refractivity contribution in [2.45, 2.75) is 19.1 Å². The number of alkyl halides is 2. The molecular weight excluding hydrogens is 457 g/mol. The van der Waals surface area contributed by atoms with E-state index >= 15 is 0 Å². The van der Waals surface area contributed by atoms with Crippen molar-refractivity contribution in [3.8, 4) is 5.75 Å². The molecule has 2 aromatic rings. The first-order valence-electron chi connectivity index (χ1n) is 7.31. The van der Waals surface area contributed by atoms with Gasteiger partial charge < -0.3 is 14.8 Å². The van der Waals surface area contributed by atoms with Crippen molar-refractivity contribution >= 4 is 45.2 Å². The Labute approximate surface area is 164 Å². The van der Waals surface area contributed by atoms with Gasteiger partial charge in [-0.05, 0) is 18.2 Å². The predicted octanol–water partition coefficient (Wildman–Crippen LogP) is 5.49. The average Bonchev–Trinajstić information content (AvgIpc) is 2.57. The molecule has 0 spiro atoms. The highest BCUT2D eigenvalue weighted by molar-refractivity contribution is 9.10. The molecule has 0 fully saturated rings. The third-order valence-electron chi connectivity index (χ3n) is 3.47. The number of nitrogens with one attached hydrogen (secondary N) is 1. The molecule has 0 aliphatic carbocycles. The Kier molecular flexibility index (Phi) is 7.03. The first-order chi connectivity index (χ1) is 12.7.